The lowest BCUT2D eigenvalue weighted by atomic mass is 9.97. The molecular formula is C17H16FN3. The average molecular weight is 281 g/mol. The van der Waals surface area contributed by atoms with Crippen molar-refractivity contribution in [3.63, 3.8) is 0 Å². The van der Waals surface area contributed by atoms with Crippen molar-refractivity contribution >= 4 is 5.69 Å². The molecule has 0 atom stereocenters. The molecule has 0 fully saturated rings. The minimum absolute atomic E-state index is 0.360. The van der Waals surface area contributed by atoms with Crippen molar-refractivity contribution in [2.75, 3.05) is 12.3 Å². The molecule has 2 aromatic rings. The Balaban J connectivity index is 1.80. The Morgan fingerprint density at radius 3 is 2.95 bits per heavy atom. The Labute approximate surface area is 123 Å². The van der Waals surface area contributed by atoms with E-state index < -0.39 is 0 Å². The lowest BCUT2D eigenvalue weighted by Gasteiger charge is -2.29. The van der Waals surface area contributed by atoms with Crippen molar-refractivity contribution in [2.24, 2.45) is 0 Å². The number of nitriles is 1. The van der Waals surface area contributed by atoms with Crippen LogP contribution in [-0.4, -0.2) is 11.4 Å². The van der Waals surface area contributed by atoms with Crippen LogP contribution >= 0.6 is 0 Å². The molecule has 2 N–H and O–H groups in total. The molecule has 4 heteroatoms. The highest BCUT2D eigenvalue weighted by Crippen LogP contribution is 2.25. The molecule has 0 aliphatic carbocycles. The minimum Gasteiger partial charge on any atom is -0.398 e. The normalized spacial score (nSPS) is 14.5. The molecule has 3 rings (SSSR count). The van der Waals surface area contributed by atoms with Gasteiger partial charge in [-0.25, -0.2) is 4.39 Å². The van der Waals surface area contributed by atoms with Crippen LogP contribution in [0.5, 0.6) is 0 Å². The number of benzene rings is 2. The Morgan fingerprint density at radius 2 is 2.14 bits per heavy atom. The summed E-state index contributed by atoms with van der Waals surface area (Å²) in [5, 5.41) is 8.91. The molecule has 0 spiro atoms. The van der Waals surface area contributed by atoms with Crippen molar-refractivity contribution in [2.45, 2.75) is 19.5 Å². The van der Waals surface area contributed by atoms with Gasteiger partial charge < -0.3 is 5.73 Å². The fraction of sp³-hybridized carbons (Fsp3) is 0.235. The fourth-order valence-corrected chi connectivity index (χ4v) is 2.86. The second-order valence-electron chi connectivity index (χ2n) is 5.41. The number of nitrogen functional groups attached to an aromatic ring is 1. The molecule has 0 saturated carbocycles. The van der Waals surface area contributed by atoms with Gasteiger partial charge in [0.2, 0.25) is 0 Å². The van der Waals surface area contributed by atoms with E-state index in [2.05, 4.69) is 11.0 Å². The average Bonchev–Trinajstić information content (AvgIpc) is 2.47. The van der Waals surface area contributed by atoms with Gasteiger partial charge in [-0.2, -0.15) is 5.26 Å². The summed E-state index contributed by atoms with van der Waals surface area (Å²) >= 11 is 0. The Bertz CT molecular complexity index is 718. The van der Waals surface area contributed by atoms with Crippen molar-refractivity contribution in [1.82, 2.24) is 4.90 Å². The number of hydrogen-bond acceptors (Lipinski definition) is 3. The van der Waals surface area contributed by atoms with E-state index in [0.717, 1.165) is 30.8 Å². The molecule has 3 nitrogen and oxygen atoms in total. The monoisotopic (exact) mass is 281 g/mol. The van der Waals surface area contributed by atoms with Gasteiger partial charge in [0.1, 0.15) is 5.82 Å². The van der Waals surface area contributed by atoms with Crippen molar-refractivity contribution in [3.8, 4) is 6.07 Å². The third kappa shape index (κ3) is 2.88. The third-order valence-corrected chi connectivity index (χ3v) is 3.88. The summed E-state index contributed by atoms with van der Waals surface area (Å²) in [6.45, 7) is 2.30. The number of nitrogens with two attached hydrogens (primary N) is 1. The van der Waals surface area contributed by atoms with Crippen molar-refractivity contribution in [1.29, 1.82) is 5.26 Å². The maximum absolute atomic E-state index is 13.5. The fourth-order valence-electron chi connectivity index (χ4n) is 2.86. The van der Waals surface area contributed by atoms with E-state index in [9.17, 15) is 4.39 Å². The maximum Gasteiger partial charge on any atom is 0.124 e. The number of rotatable bonds is 2. The van der Waals surface area contributed by atoms with Gasteiger partial charge in [0.25, 0.3) is 0 Å². The van der Waals surface area contributed by atoms with E-state index in [1.807, 2.05) is 18.2 Å². The molecular weight excluding hydrogens is 265 g/mol. The van der Waals surface area contributed by atoms with Crippen molar-refractivity contribution in [3.05, 3.63) is 64.5 Å². The number of hydrogen-bond donors (Lipinski definition) is 1. The quantitative estimate of drug-likeness (QED) is 0.861. The van der Waals surface area contributed by atoms with Gasteiger partial charge >= 0.3 is 0 Å². The van der Waals surface area contributed by atoms with Gasteiger partial charge in [-0.1, -0.05) is 12.1 Å². The highest BCUT2D eigenvalue weighted by Gasteiger charge is 2.18. The summed E-state index contributed by atoms with van der Waals surface area (Å²) in [5.74, 6) is -0.360. The predicted octanol–water partition coefficient (Wildman–Crippen LogP) is 2.84. The van der Waals surface area contributed by atoms with E-state index >= 15 is 0 Å². The summed E-state index contributed by atoms with van der Waals surface area (Å²) in [4.78, 5) is 2.23. The summed E-state index contributed by atoms with van der Waals surface area (Å²) in [7, 11) is 0. The first-order chi connectivity index (χ1) is 10.2. The number of fused-ring (bicyclic) bond motifs is 1. The standard InChI is InChI=1S/C17H16FN3/c18-15-7-12(9-19)6-13(8-15)10-21-5-4-14-2-1-3-17(20)16(14)11-21/h1-3,6-8H,4-5,10-11,20H2. The molecule has 21 heavy (non-hydrogen) atoms. The molecule has 0 aromatic heterocycles. The lowest BCUT2D eigenvalue weighted by Crippen LogP contribution is -2.30. The number of anilines is 1. The maximum atomic E-state index is 13.5. The number of halogens is 1. The third-order valence-electron chi connectivity index (χ3n) is 3.88. The van der Waals surface area contributed by atoms with Crippen LogP contribution in [0.1, 0.15) is 22.3 Å². The molecule has 106 valence electrons. The van der Waals surface area contributed by atoms with Crippen LogP contribution in [-0.2, 0) is 19.5 Å². The first kappa shape index (κ1) is 13.6. The summed E-state index contributed by atoms with van der Waals surface area (Å²) in [5.41, 5.74) is 10.5. The smallest absolute Gasteiger partial charge is 0.124 e. The number of nitrogens with zero attached hydrogens (tertiary/aromatic N) is 2. The van der Waals surface area contributed by atoms with E-state index in [0.29, 0.717) is 12.1 Å². The molecule has 0 saturated heterocycles. The lowest BCUT2D eigenvalue weighted by molar-refractivity contribution is 0.246. The first-order valence-corrected chi connectivity index (χ1v) is 6.94. The van der Waals surface area contributed by atoms with E-state index in [1.54, 1.807) is 6.07 Å². The van der Waals surface area contributed by atoms with E-state index in [4.69, 9.17) is 11.0 Å². The minimum atomic E-state index is -0.360. The molecule has 0 radical (unpaired) electrons. The van der Waals surface area contributed by atoms with Crippen molar-refractivity contribution < 1.29 is 4.39 Å². The van der Waals surface area contributed by atoms with E-state index in [-0.39, 0.29) is 5.82 Å². The van der Waals surface area contributed by atoms with Crippen LogP contribution in [0.2, 0.25) is 0 Å². The summed E-state index contributed by atoms with van der Waals surface area (Å²) in [6, 6.07) is 12.5. The van der Waals surface area contributed by atoms with Crippen LogP contribution in [0.3, 0.4) is 0 Å². The van der Waals surface area contributed by atoms with Gasteiger partial charge in [0.05, 0.1) is 11.6 Å². The molecule has 1 aliphatic heterocycles. The van der Waals surface area contributed by atoms with Crippen LogP contribution in [0.25, 0.3) is 0 Å². The van der Waals surface area contributed by atoms with Crippen LogP contribution in [0.4, 0.5) is 10.1 Å². The van der Waals surface area contributed by atoms with Gasteiger partial charge in [-0.3, -0.25) is 4.90 Å². The second-order valence-corrected chi connectivity index (χ2v) is 5.41. The SMILES string of the molecule is N#Cc1cc(F)cc(CN2CCc3cccc(N)c3C2)c1. The first-order valence-electron chi connectivity index (χ1n) is 6.94. The van der Waals surface area contributed by atoms with Gasteiger partial charge in [-0.15, -0.1) is 0 Å². The Kier molecular flexibility index (Phi) is 3.59. The van der Waals surface area contributed by atoms with E-state index in [1.165, 1.54) is 23.3 Å². The zero-order valence-electron chi connectivity index (χ0n) is 11.6. The van der Waals surface area contributed by atoms with Gasteiger partial charge in [0, 0.05) is 25.3 Å². The largest absolute Gasteiger partial charge is 0.398 e. The summed E-state index contributed by atoms with van der Waals surface area (Å²) in [6.07, 6.45) is 0.945. The topological polar surface area (TPSA) is 53.0 Å². The van der Waals surface area contributed by atoms with Crippen LogP contribution in [0.15, 0.2) is 36.4 Å². The van der Waals surface area contributed by atoms with Crippen LogP contribution < -0.4 is 5.73 Å². The summed E-state index contributed by atoms with van der Waals surface area (Å²) < 4.78 is 13.5. The molecule has 1 heterocycles. The highest BCUT2D eigenvalue weighted by molar-refractivity contribution is 5.51. The molecule has 2 aromatic carbocycles. The highest BCUT2D eigenvalue weighted by atomic mass is 19.1. The molecule has 0 amide bonds. The van der Waals surface area contributed by atoms with Gasteiger partial charge in [0.15, 0.2) is 0 Å². The Hall–Kier alpha value is -2.38. The second kappa shape index (κ2) is 5.55. The van der Waals surface area contributed by atoms with Gasteiger partial charge in [-0.05, 0) is 47.4 Å². The molecule has 0 unspecified atom stereocenters. The molecule has 1 aliphatic rings. The zero-order chi connectivity index (χ0) is 14.8. The Morgan fingerprint density at radius 1 is 1.29 bits per heavy atom. The molecule has 0 bridgehead atoms. The van der Waals surface area contributed by atoms with Crippen LogP contribution in [0, 0.1) is 17.1 Å². The zero-order valence-corrected chi connectivity index (χ0v) is 11.6. The predicted molar refractivity (Wildman–Crippen MR) is 79.8 cm³/mol.